The van der Waals surface area contributed by atoms with Gasteiger partial charge >= 0.3 is 5.97 Å². The van der Waals surface area contributed by atoms with Crippen LogP contribution in [0.5, 0.6) is 5.75 Å². The normalized spacial score (nSPS) is 17.9. The van der Waals surface area contributed by atoms with E-state index in [4.69, 9.17) is 9.47 Å². The molecule has 0 bridgehead atoms. The molecule has 0 spiro atoms. The maximum atomic E-state index is 11.6. The number of fused-ring (bicyclic) bond motifs is 2. The Labute approximate surface area is 206 Å². The molecule has 0 aromatic heterocycles. The molecule has 1 aliphatic heterocycles. The van der Waals surface area contributed by atoms with Crippen molar-refractivity contribution in [3.05, 3.63) is 113 Å². The molecule has 4 nitrogen and oxygen atoms in total. The Morgan fingerprint density at radius 1 is 0.971 bits per heavy atom. The van der Waals surface area contributed by atoms with E-state index in [0.717, 1.165) is 24.3 Å². The first-order valence-electron chi connectivity index (χ1n) is 12.2. The standard InChI is InChI=1S/C31H31NO3/c1-21(26-12-7-9-23-8-3-4-10-27(23)26)32-20-25-19-29(28-11-5-6-13-30(28)35-25)24-16-14-22(15-17-24)18-31(33)34-2/h3-17,21,25,29,32H,18-20H2,1-2H3/t21-,25-,29+/m1/s1. The molecule has 4 heteroatoms. The van der Waals surface area contributed by atoms with Crippen LogP contribution in [0.4, 0.5) is 0 Å². The van der Waals surface area contributed by atoms with Crippen LogP contribution in [0, 0.1) is 0 Å². The van der Waals surface area contributed by atoms with E-state index >= 15 is 0 Å². The Balaban J connectivity index is 1.32. The molecule has 1 aliphatic rings. The van der Waals surface area contributed by atoms with Crippen LogP contribution >= 0.6 is 0 Å². The van der Waals surface area contributed by atoms with Crippen molar-refractivity contribution in [1.29, 1.82) is 0 Å². The molecule has 0 unspecified atom stereocenters. The van der Waals surface area contributed by atoms with E-state index in [2.05, 4.69) is 85.0 Å². The highest BCUT2D eigenvalue weighted by atomic mass is 16.5. The van der Waals surface area contributed by atoms with Gasteiger partial charge in [0.15, 0.2) is 0 Å². The highest BCUT2D eigenvalue weighted by molar-refractivity contribution is 5.86. The third-order valence-electron chi connectivity index (χ3n) is 6.99. The van der Waals surface area contributed by atoms with Crippen LogP contribution in [0.15, 0.2) is 91.0 Å². The SMILES string of the molecule is COC(=O)Cc1ccc([C@@H]2C[C@H](CN[C@H](C)c3cccc4ccccc34)Oc3ccccc32)cc1. The van der Waals surface area contributed by atoms with Crippen molar-refractivity contribution >= 4 is 16.7 Å². The monoisotopic (exact) mass is 465 g/mol. The summed E-state index contributed by atoms with van der Waals surface area (Å²) in [6.07, 6.45) is 1.24. The molecule has 178 valence electrons. The van der Waals surface area contributed by atoms with E-state index in [1.165, 1.54) is 34.6 Å². The molecule has 4 aromatic carbocycles. The maximum Gasteiger partial charge on any atom is 0.309 e. The van der Waals surface area contributed by atoms with Gasteiger partial charge in [0.1, 0.15) is 11.9 Å². The quantitative estimate of drug-likeness (QED) is 0.331. The number of nitrogens with one attached hydrogen (secondary N) is 1. The first-order valence-corrected chi connectivity index (χ1v) is 12.2. The molecular weight excluding hydrogens is 434 g/mol. The summed E-state index contributed by atoms with van der Waals surface area (Å²) < 4.78 is 11.2. The number of hydrogen-bond donors (Lipinski definition) is 1. The Morgan fingerprint density at radius 3 is 2.54 bits per heavy atom. The van der Waals surface area contributed by atoms with Gasteiger partial charge in [0, 0.05) is 24.1 Å². The minimum atomic E-state index is -0.222. The summed E-state index contributed by atoms with van der Waals surface area (Å²) in [7, 11) is 1.42. The van der Waals surface area contributed by atoms with Gasteiger partial charge in [-0.2, -0.15) is 0 Å². The number of esters is 1. The second-order valence-corrected chi connectivity index (χ2v) is 9.26. The van der Waals surface area contributed by atoms with Gasteiger partial charge in [0.25, 0.3) is 0 Å². The van der Waals surface area contributed by atoms with Crippen LogP contribution < -0.4 is 10.1 Å². The summed E-state index contributed by atoms with van der Waals surface area (Å²) in [5, 5.41) is 6.27. The minimum absolute atomic E-state index is 0.0575. The second kappa shape index (κ2) is 10.3. The van der Waals surface area contributed by atoms with Gasteiger partial charge < -0.3 is 14.8 Å². The summed E-state index contributed by atoms with van der Waals surface area (Å²) in [4.78, 5) is 11.6. The summed E-state index contributed by atoms with van der Waals surface area (Å²) >= 11 is 0. The van der Waals surface area contributed by atoms with Gasteiger partial charge in [0.05, 0.1) is 13.5 Å². The molecule has 0 amide bonds. The second-order valence-electron chi connectivity index (χ2n) is 9.26. The van der Waals surface area contributed by atoms with Gasteiger partial charge in [-0.1, -0.05) is 84.9 Å². The van der Waals surface area contributed by atoms with Crippen LogP contribution in [-0.2, 0) is 16.0 Å². The average Bonchev–Trinajstić information content (AvgIpc) is 2.91. The first kappa shape index (κ1) is 23.1. The van der Waals surface area contributed by atoms with Crippen LogP contribution in [0.1, 0.15) is 47.6 Å². The Bertz CT molecular complexity index is 1310. The lowest BCUT2D eigenvalue weighted by atomic mass is 9.83. The van der Waals surface area contributed by atoms with Crippen molar-refractivity contribution in [1.82, 2.24) is 5.32 Å². The summed E-state index contributed by atoms with van der Waals surface area (Å²) in [6.45, 7) is 2.98. The maximum absolute atomic E-state index is 11.6. The van der Waals surface area contributed by atoms with E-state index in [0.29, 0.717) is 6.42 Å². The molecule has 1 heterocycles. The van der Waals surface area contributed by atoms with Crippen molar-refractivity contribution in [2.45, 2.75) is 37.8 Å². The molecule has 1 N–H and O–H groups in total. The predicted molar refractivity (Wildman–Crippen MR) is 140 cm³/mol. The molecule has 35 heavy (non-hydrogen) atoms. The lowest BCUT2D eigenvalue weighted by Crippen LogP contribution is -2.37. The Morgan fingerprint density at radius 2 is 1.71 bits per heavy atom. The fourth-order valence-electron chi connectivity index (χ4n) is 5.09. The van der Waals surface area contributed by atoms with Crippen LogP contribution in [0.25, 0.3) is 10.8 Å². The summed E-state index contributed by atoms with van der Waals surface area (Å²) in [5.41, 5.74) is 4.72. The van der Waals surface area contributed by atoms with E-state index in [-0.39, 0.29) is 24.0 Å². The molecule has 0 fully saturated rings. The Kier molecular flexibility index (Phi) is 6.82. The predicted octanol–water partition coefficient (Wildman–Crippen LogP) is 6.19. The van der Waals surface area contributed by atoms with Crippen LogP contribution in [0.3, 0.4) is 0 Å². The highest BCUT2D eigenvalue weighted by Gasteiger charge is 2.29. The van der Waals surface area contributed by atoms with Crippen LogP contribution in [0.2, 0.25) is 0 Å². The number of methoxy groups -OCH3 is 1. The van der Waals surface area contributed by atoms with E-state index in [9.17, 15) is 4.79 Å². The third-order valence-corrected chi connectivity index (χ3v) is 6.99. The Hall–Kier alpha value is -3.63. The van der Waals surface area contributed by atoms with Crippen molar-refractivity contribution in [2.75, 3.05) is 13.7 Å². The van der Waals surface area contributed by atoms with Crippen molar-refractivity contribution in [2.24, 2.45) is 0 Å². The molecule has 3 atom stereocenters. The number of rotatable bonds is 7. The zero-order valence-corrected chi connectivity index (χ0v) is 20.2. The fourth-order valence-corrected chi connectivity index (χ4v) is 5.09. The molecule has 4 aromatic rings. The zero-order chi connectivity index (χ0) is 24.2. The van der Waals surface area contributed by atoms with Crippen molar-refractivity contribution in [3.63, 3.8) is 0 Å². The molecule has 0 saturated heterocycles. The van der Waals surface area contributed by atoms with E-state index in [1.807, 2.05) is 18.2 Å². The number of benzene rings is 4. The lowest BCUT2D eigenvalue weighted by Gasteiger charge is -2.33. The third kappa shape index (κ3) is 5.08. The number of carbonyl (C=O) groups excluding carboxylic acids is 1. The molecular formula is C31H31NO3. The van der Waals surface area contributed by atoms with E-state index < -0.39 is 0 Å². The van der Waals surface area contributed by atoms with Gasteiger partial charge in [-0.05, 0) is 46.9 Å². The number of hydrogen-bond acceptors (Lipinski definition) is 4. The summed E-state index contributed by atoms with van der Waals surface area (Å²) in [5.74, 6) is 0.972. The molecule has 0 radical (unpaired) electrons. The molecule has 0 saturated carbocycles. The van der Waals surface area contributed by atoms with Crippen LogP contribution in [-0.4, -0.2) is 25.7 Å². The van der Waals surface area contributed by atoms with Gasteiger partial charge in [0.2, 0.25) is 0 Å². The first-order chi connectivity index (χ1) is 17.1. The van der Waals surface area contributed by atoms with Crippen molar-refractivity contribution < 1.29 is 14.3 Å². The van der Waals surface area contributed by atoms with Gasteiger partial charge in [-0.3, -0.25) is 4.79 Å². The smallest absolute Gasteiger partial charge is 0.309 e. The number of carbonyl (C=O) groups is 1. The number of ether oxygens (including phenoxy) is 2. The van der Waals surface area contributed by atoms with E-state index in [1.54, 1.807) is 0 Å². The number of para-hydroxylation sites is 1. The van der Waals surface area contributed by atoms with Gasteiger partial charge in [-0.15, -0.1) is 0 Å². The zero-order valence-electron chi connectivity index (χ0n) is 20.2. The molecule has 0 aliphatic carbocycles. The average molecular weight is 466 g/mol. The fraction of sp³-hybridized carbons (Fsp3) is 0.258. The summed E-state index contributed by atoms with van der Waals surface area (Å²) in [6, 6.07) is 31.9. The highest BCUT2D eigenvalue weighted by Crippen LogP contribution is 2.40. The topological polar surface area (TPSA) is 47.6 Å². The molecule has 5 rings (SSSR count). The van der Waals surface area contributed by atoms with Gasteiger partial charge in [-0.25, -0.2) is 0 Å². The largest absolute Gasteiger partial charge is 0.489 e. The minimum Gasteiger partial charge on any atom is -0.489 e. The van der Waals surface area contributed by atoms with Crippen molar-refractivity contribution in [3.8, 4) is 5.75 Å². The lowest BCUT2D eigenvalue weighted by molar-refractivity contribution is -0.139.